The molecule has 0 aromatic heterocycles. The van der Waals surface area contributed by atoms with Crippen LogP contribution in [0.25, 0.3) is 0 Å². The van der Waals surface area contributed by atoms with E-state index in [1.165, 1.54) is 0 Å². The number of nitrogens with one attached hydrogen (secondary N) is 2. The van der Waals surface area contributed by atoms with E-state index >= 15 is 0 Å². The summed E-state index contributed by atoms with van der Waals surface area (Å²) in [5, 5.41) is 2.18. The van der Waals surface area contributed by atoms with Crippen molar-refractivity contribution >= 4 is 40.4 Å². The van der Waals surface area contributed by atoms with E-state index < -0.39 is 0 Å². The van der Waals surface area contributed by atoms with Crippen LogP contribution >= 0.6 is 24.4 Å². The maximum atomic E-state index is 5.40. The summed E-state index contributed by atoms with van der Waals surface area (Å²) < 4.78 is 0. The lowest BCUT2D eigenvalue weighted by Crippen LogP contribution is -2.44. The first-order valence-electron chi connectivity index (χ1n) is 4.96. The summed E-state index contributed by atoms with van der Waals surface area (Å²) >= 11 is 9.59. The van der Waals surface area contributed by atoms with Crippen LogP contribution in [0.15, 0.2) is 17.3 Å². The summed E-state index contributed by atoms with van der Waals surface area (Å²) in [4.78, 5) is 4.06. The third kappa shape index (κ3) is 6.82. The first-order valence-corrected chi connectivity index (χ1v) is 5.78. The van der Waals surface area contributed by atoms with Crippen molar-refractivity contribution in [1.29, 1.82) is 0 Å². The van der Waals surface area contributed by atoms with Gasteiger partial charge in [0.25, 0.3) is 0 Å². The van der Waals surface area contributed by atoms with Gasteiger partial charge in [0, 0.05) is 24.4 Å². The smallest absolute Gasteiger partial charge is 0.206 e. The summed E-state index contributed by atoms with van der Waals surface area (Å²) in [6, 6.07) is 0. The molecule has 0 unspecified atom stereocenters. The lowest BCUT2D eigenvalue weighted by Gasteiger charge is -2.25. The molecule has 17 heavy (non-hydrogen) atoms. The zero-order valence-electron chi connectivity index (χ0n) is 9.99. The highest BCUT2D eigenvalue weighted by molar-refractivity contribution is 7.80. The number of rotatable bonds is 5. The molecule has 0 fully saturated rings. The van der Waals surface area contributed by atoms with Gasteiger partial charge in [-0.05, 0) is 38.3 Å². The van der Waals surface area contributed by atoms with Crippen LogP contribution in [0.5, 0.6) is 0 Å². The van der Waals surface area contributed by atoms with Crippen molar-refractivity contribution in [3.63, 3.8) is 0 Å². The predicted octanol–water partition coefficient (Wildman–Crippen LogP) is 0.169. The number of allylic oxidation sites excluding steroid dienone is 1. The highest BCUT2D eigenvalue weighted by atomic mass is 32.1. The minimum absolute atomic E-state index is 0.196. The molecule has 0 atom stereocenters. The molecule has 0 spiro atoms. The first-order chi connectivity index (χ1) is 7.90. The normalized spacial score (nSPS) is 10.6. The van der Waals surface area contributed by atoms with Gasteiger partial charge in [-0.25, -0.2) is 10.8 Å². The van der Waals surface area contributed by atoms with Crippen molar-refractivity contribution in [3.8, 4) is 0 Å². The number of thiocarbonyl (C=S) groups is 2. The molecule has 0 heterocycles. The van der Waals surface area contributed by atoms with Gasteiger partial charge in [0.2, 0.25) is 5.11 Å². The monoisotopic (exact) mass is 274 g/mol. The molecule has 6 nitrogen and oxygen atoms in total. The average Bonchev–Trinajstić information content (AvgIpc) is 2.24. The van der Waals surface area contributed by atoms with Crippen LogP contribution in [-0.4, -0.2) is 27.5 Å². The van der Waals surface area contributed by atoms with Gasteiger partial charge in [-0.1, -0.05) is 6.58 Å². The van der Waals surface area contributed by atoms with Gasteiger partial charge in [-0.3, -0.25) is 15.9 Å². The van der Waals surface area contributed by atoms with Crippen molar-refractivity contribution in [2.75, 3.05) is 6.54 Å². The van der Waals surface area contributed by atoms with Gasteiger partial charge in [0.1, 0.15) is 0 Å². The molecule has 0 bridgehead atoms. The van der Waals surface area contributed by atoms with E-state index in [1.54, 1.807) is 5.01 Å². The maximum Gasteiger partial charge on any atom is 0.206 e. The number of hydrazine groups is 2. The topological polar surface area (TPSA) is 91.7 Å². The molecule has 0 aliphatic rings. The number of hydrogen-bond acceptors (Lipinski definition) is 4. The van der Waals surface area contributed by atoms with E-state index in [2.05, 4.69) is 22.4 Å². The average molecular weight is 274 g/mol. The molecule has 0 radical (unpaired) electrons. The molecule has 0 aromatic rings. The van der Waals surface area contributed by atoms with Crippen molar-refractivity contribution in [3.05, 3.63) is 12.3 Å². The van der Waals surface area contributed by atoms with Crippen molar-refractivity contribution in [2.45, 2.75) is 20.3 Å². The van der Waals surface area contributed by atoms with Crippen LogP contribution in [0, 0.1) is 0 Å². The van der Waals surface area contributed by atoms with E-state index in [1.807, 2.05) is 13.8 Å². The van der Waals surface area contributed by atoms with Gasteiger partial charge in [-0.2, -0.15) is 0 Å². The number of nitrogens with two attached hydrogens (primary N) is 2. The molecule has 0 amide bonds. The second-order valence-corrected chi connectivity index (χ2v) is 4.09. The number of nitrogens with zero attached hydrogens (tertiary/aromatic N) is 2. The largest absolute Gasteiger partial charge is 0.375 e. The summed E-state index contributed by atoms with van der Waals surface area (Å²) in [5.74, 6) is 5.13. The van der Waals surface area contributed by atoms with Gasteiger partial charge >= 0.3 is 0 Å². The predicted molar refractivity (Wildman–Crippen MR) is 79.1 cm³/mol. The molecule has 0 saturated carbocycles. The summed E-state index contributed by atoms with van der Waals surface area (Å²) in [7, 11) is 0. The van der Waals surface area contributed by atoms with Gasteiger partial charge in [-0.15, -0.1) is 0 Å². The Kier molecular flexibility index (Phi) is 7.35. The Morgan fingerprint density at radius 2 is 2.06 bits per heavy atom. The van der Waals surface area contributed by atoms with Crippen molar-refractivity contribution in [1.82, 2.24) is 15.9 Å². The molecule has 6 N–H and O–H groups in total. The Labute approximate surface area is 112 Å². The van der Waals surface area contributed by atoms with E-state index in [0.717, 1.165) is 11.4 Å². The number of aliphatic imine (C=N–C) groups is 1. The fourth-order valence-corrected chi connectivity index (χ4v) is 1.42. The standard InChI is InChI=1S/C9H18N6S2/c1-4-15(14-8(10)16)7(3)5-6(2)12-9(17)13-11/h3-5,11H2,1-2H3,(H,13,17)(H3,10,14,16)/b12-6+. The summed E-state index contributed by atoms with van der Waals surface area (Å²) in [6.07, 6.45) is 0.547. The lowest BCUT2D eigenvalue weighted by atomic mass is 10.2. The molecule has 0 aromatic carbocycles. The highest BCUT2D eigenvalue weighted by Gasteiger charge is 2.07. The van der Waals surface area contributed by atoms with Crippen LogP contribution in [0.4, 0.5) is 0 Å². The second-order valence-electron chi connectivity index (χ2n) is 3.26. The van der Waals surface area contributed by atoms with Crippen LogP contribution in [0.3, 0.4) is 0 Å². The first kappa shape index (κ1) is 15.8. The van der Waals surface area contributed by atoms with Crippen LogP contribution < -0.4 is 22.4 Å². The fraction of sp³-hybridized carbons (Fsp3) is 0.444. The Morgan fingerprint density at radius 1 is 1.47 bits per heavy atom. The zero-order valence-corrected chi connectivity index (χ0v) is 11.6. The molecule has 8 heteroatoms. The van der Waals surface area contributed by atoms with E-state index in [4.69, 9.17) is 36.0 Å². The minimum Gasteiger partial charge on any atom is -0.375 e. The number of hydrogen-bond donors (Lipinski definition) is 4. The third-order valence-electron chi connectivity index (χ3n) is 1.82. The molecule has 96 valence electrons. The third-order valence-corrected chi connectivity index (χ3v) is 2.12. The molecule has 0 saturated heterocycles. The highest BCUT2D eigenvalue weighted by Crippen LogP contribution is 2.05. The second kappa shape index (κ2) is 7.93. The quantitative estimate of drug-likeness (QED) is 0.246. The van der Waals surface area contributed by atoms with E-state index in [0.29, 0.717) is 13.0 Å². The van der Waals surface area contributed by atoms with Crippen molar-refractivity contribution in [2.24, 2.45) is 16.6 Å². The molecule has 0 aliphatic heterocycles. The van der Waals surface area contributed by atoms with Gasteiger partial charge in [0.15, 0.2) is 5.11 Å². The Bertz CT molecular complexity index is 338. The van der Waals surface area contributed by atoms with Crippen molar-refractivity contribution < 1.29 is 0 Å². The molecular formula is C9H18N6S2. The summed E-state index contributed by atoms with van der Waals surface area (Å²) in [5.41, 5.74) is 12.1. The van der Waals surface area contributed by atoms with Crippen LogP contribution in [0.1, 0.15) is 20.3 Å². The lowest BCUT2D eigenvalue weighted by molar-refractivity contribution is 0.318. The molecule has 0 aliphatic carbocycles. The van der Waals surface area contributed by atoms with Gasteiger partial charge < -0.3 is 5.73 Å². The Balaban J connectivity index is 4.45. The SMILES string of the molecule is C=C(C/C(C)=N/C(=S)NN)N(CC)NC(N)=S. The maximum absolute atomic E-state index is 5.40. The fourth-order valence-electron chi connectivity index (χ4n) is 1.15. The van der Waals surface area contributed by atoms with E-state index in [-0.39, 0.29) is 10.2 Å². The minimum atomic E-state index is 0.196. The van der Waals surface area contributed by atoms with Gasteiger partial charge in [0.05, 0.1) is 0 Å². The molecular weight excluding hydrogens is 256 g/mol. The summed E-state index contributed by atoms with van der Waals surface area (Å²) in [6.45, 7) is 8.40. The Hall–Kier alpha value is -1.25. The zero-order chi connectivity index (χ0) is 13.4. The van der Waals surface area contributed by atoms with E-state index in [9.17, 15) is 0 Å². The van der Waals surface area contributed by atoms with Crippen LogP contribution in [-0.2, 0) is 0 Å². The van der Waals surface area contributed by atoms with Crippen LogP contribution in [0.2, 0.25) is 0 Å². The molecule has 0 rings (SSSR count). The Morgan fingerprint density at radius 3 is 2.47 bits per heavy atom.